The molecule has 1 heterocycles. The molecule has 0 radical (unpaired) electrons. The first kappa shape index (κ1) is 13.4. The van der Waals surface area contributed by atoms with Crippen molar-refractivity contribution < 1.29 is 14.3 Å². The number of carbonyl (C=O) groups is 1. The summed E-state index contributed by atoms with van der Waals surface area (Å²) in [7, 11) is 1.64. The Bertz CT molecular complexity index is 207. The van der Waals surface area contributed by atoms with Crippen molar-refractivity contribution in [2.45, 2.75) is 6.92 Å². The summed E-state index contributed by atoms with van der Waals surface area (Å²) in [5.41, 5.74) is 0. The van der Waals surface area contributed by atoms with Crippen molar-refractivity contribution >= 4 is 5.91 Å². The van der Waals surface area contributed by atoms with Gasteiger partial charge in [-0.15, -0.1) is 0 Å². The van der Waals surface area contributed by atoms with Crippen LogP contribution in [0.5, 0.6) is 0 Å². The van der Waals surface area contributed by atoms with Gasteiger partial charge in [-0.3, -0.25) is 4.79 Å². The van der Waals surface area contributed by atoms with Gasteiger partial charge in [0.15, 0.2) is 0 Å². The van der Waals surface area contributed by atoms with Gasteiger partial charge in [0.05, 0.1) is 19.8 Å². The molecule has 1 aliphatic rings. The van der Waals surface area contributed by atoms with Gasteiger partial charge < -0.3 is 20.1 Å². The fourth-order valence-corrected chi connectivity index (χ4v) is 1.53. The van der Waals surface area contributed by atoms with Crippen LogP contribution < -0.4 is 10.6 Å². The minimum Gasteiger partial charge on any atom is -0.382 e. The molecule has 1 saturated heterocycles. The summed E-state index contributed by atoms with van der Waals surface area (Å²) in [6.07, 6.45) is 0. The van der Waals surface area contributed by atoms with Crippen LogP contribution in [0.3, 0.4) is 0 Å². The highest BCUT2D eigenvalue weighted by Gasteiger charge is 2.28. The fourth-order valence-electron chi connectivity index (χ4n) is 1.53. The minimum atomic E-state index is 0.0974. The molecule has 2 N–H and O–H groups in total. The summed E-state index contributed by atoms with van der Waals surface area (Å²) in [5.74, 6) is 0.719. The van der Waals surface area contributed by atoms with Gasteiger partial charge in [-0.25, -0.2) is 0 Å². The zero-order valence-corrected chi connectivity index (χ0v) is 10.1. The summed E-state index contributed by atoms with van der Waals surface area (Å²) in [5, 5.41) is 6.04. The van der Waals surface area contributed by atoms with E-state index in [1.54, 1.807) is 7.11 Å². The molecule has 0 saturated carbocycles. The van der Waals surface area contributed by atoms with Crippen molar-refractivity contribution in [1.82, 2.24) is 10.6 Å². The molecule has 1 fully saturated rings. The number of amides is 1. The third-order valence-corrected chi connectivity index (χ3v) is 2.91. The molecule has 94 valence electrons. The second-order valence-electron chi connectivity index (χ2n) is 4.10. The lowest BCUT2D eigenvalue weighted by Gasteiger charge is -2.31. The highest BCUT2D eigenvalue weighted by atomic mass is 16.5. The van der Waals surface area contributed by atoms with Crippen molar-refractivity contribution in [3.8, 4) is 0 Å². The first-order valence-corrected chi connectivity index (χ1v) is 5.80. The fraction of sp³-hybridized carbons (Fsp3) is 0.909. The first-order valence-electron chi connectivity index (χ1n) is 5.80. The summed E-state index contributed by atoms with van der Waals surface area (Å²) in [6.45, 7) is 6.19. The van der Waals surface area contributed by atoms with Crippen molar-refractivity contribution in [3.63, 3.8) is 0 Å². The van der Waals surface area contributed by atoms with E-state index >= 15 is 0 Å². The van der Waals surface area contributed by atoms with Crippen LogP contribution in [0.4, 0.5) is 0 Å². The van der Waals surface area contributed by atoms with Gasteiger partial charge in [0, 0.05) is 19.6 Å². The summed E-state index contributed by atoms with van der Waals surface area (Å²) in [4.78, 5) is 11.6. The maximum Gasteiger partial charge on any atom is 0.223 e. The summed E-state index contributed by atoms with van der Waals surface area (Å²) >= 11 is 0. The molecule has 1 aliphatic heterocycles. The standard InChI is InChI=1S/C11H22N2O3/c1-9(10-7-12-8-10)11(14)13-3-4-16-6-5-15-2/h9-10,12H,3-8H2,1-2H3,(H,13,14). The van der Waals surface area contributed by atoms with Gasteiger partial charge >= 0.3 is 0 Å². The quantitative estimate of drug-likeness (QED) is 0.558. The lowest BCUT2D eigenvalue weighted by atomic mass is 9.88. The Labute approximate surface area is 96.9 Å². The molecule has 0 aromatic rings. The van der Waals surface area contributed by atoms with Gasteiger partial charge in [0.25, 0.3) is 0 Å². The van der Waals surface area contributed by atoms with Gasteiger partial charge in [-0.2, -0.15) is 0 Å². The third-order valence-electron chi connectivity index (χ3n) is 2.91. The van der Waals surface area contributed by atoms with Crippen LogP contribution in [0.15, 0.2) is 0 Å². The number of hydrogen-bond acceptors (Lipinski definition) is 4. The number of ether oxygens (including phenoxy) is 2. The van der Waals surface area contributed by atoms with Gasteiger partial charge in [0.1, 0.15) is 0 Å². The van der Waals surface area contributed by atoms with Crippen LogP contribution >= 0.6 is 0 Å². The molecule has 1 amide bonds. The molecule has 1 atom stereocenters. The topological polar surface area (TPSA) is 59.6 Å². The van der Waals surface area contributed by atoms with Crippen LogP contribution in [-0.4, -0.2) is 52.5 Å². The predicted molar refractivity (Wildman–Crippen MR) is 61.2 cm³/mol. The molecule has 0 spiro atoms. The monoisotopic (exact) mass is 230 g/mol. The Kier molecular flexibility index (Phi) is 6.37. The number of nitrogens with one attached hydrogen (secondary N) is 2. The van der Waals surface area contributed by atoms with E-state index in [9.17, 15) is 4.79 Å². The van der Waals surface area contributed by atoms with Crippen molar-refractivity contribution in [3.05, 3.63) is 0 Å². The van der Waals surface area contributed by atoms with Crippen molar-refractivity contribution in [2.24, 2.45) is 11.8 Å². The highest BCUT2D eigenvalue weighted by Crippen LogP contribution is 2.15. The Balaban J connectivity index is 1.97. The van der Waals surface area contributed by atoms with E-state index in [1.165, 1.54) is 0 Å². The Morgan fingerprint density at radius 1 is 1.44 bits per heavy atom. The average molecular weight is 230 g/mol. The molecule has 0 aromatic heterocycles. The van der Waals surface area contributed by atoms with E-state index in [-0.39, 0.29) is 11.8 Å². The molecule has 5 nitrogen and oxygen atoms in total. The molecular formula is C11H22N2O3. The number of hydrogen-bond donors (Lipinski definition) is 2. The van der Waals surface area contributed by atoms with Gasteiger partial charge in [-0.1, -0.05) is 6.92 Å². The lowest BCUT2D eigenvalue weighted by Crippen LogP contribution is -2.49. The highest BCUT2D eigenvalue weighted by molar-refractivity contribution is 5.78. The molecular weight excluding hydrogens is 208 g/mol. The van der Waals surface area contributed by atoms with E-state index in [2.05, 4.69) is 10.6 Å². The maximum atomic E-state index is 11.6. The van der Waals surface area contributed by atoms with E-state index in [0.29, 0.717) is 32.3 Å². The van der Waals surface area contributed by atoms with Crippen molar-refractivity contribution in [2.75, 3.05) is 46.6 Å². The molecule has 5 heteroatoms. The van der Waals surface area contributed by atoms with E-state index in [1.807, 2.05) is 6.92 Å². The summed E-state index contributed by atoms with van der Waals surface area (Å²) < 4.78 is 10.1. The zero-order valence-electron chi connectivity index (χ0n) is 10.1. The van der Waals surface area contributed by atoms with Crippen LogP contribution in [0.2, 0.25) is 0 Å². The average Bonchev–Trinajstić information content (AvgIpc) is 2.20. The molecule has 0 bridgehead atoms. The molecule has 1 unspecified atom stereocenters. The van der Waals surface area contributed by atoms with Crippen LogP contribution in [-0.2, 0) is 14.3 Å². The minimum absolute atomic E-state index is 0.0974. The van der Waals surface area contributed by atoms with Crippen LogP contribution in [0.25, 0.3) is 0 Å². The Morgan fingerprint density at radius 3 is 2.75 bits per heavy atom. The molecule has 0 aromatic carbocycles. The molecule has 16 heavy (non-hydrogen) atoms. The Morgan fingerprint density at radius 2 is 2.19 bits per heavy atom. The lowest BCUT2D eigenvalue weighted by molar-refractivity contribution is -0.126. The van der Waals surface area contributed by atoms with E-state index in [0.717, 1.165) is 13.1 Å². The second kappa shape index (κ2) is 7.60. The third kappa shape index (κ3) is 4.47. The largest absolute Gasteiger partial charge is 0.382 e. The summed E-state index contributed by atoms with van der Waals surface area (Å²) in [6, 6.07) is 0. The predicted octanol–water partition coefficient (Wildman–Crippen LogP) is -0.379. The SMILES string of the molecule is COCCOCCNC(=O)C(C)C1CNC1. The van der Waals surface area contributed by atoms with E-state index in [4.69, 9.17) is 9.47 Å². The second-order valence-corrected chi connectivity index (χ2v) is 4.10. The first-order chi connectivity index (χ1) is 7.75. The van der Waals surface area contributed by atoms with Gasteiger partial charge in [-0.05, 0) is 19.0 Å². The molecule has 1 rings (SSSR count). The van der Waals surface area contributed by atoms with Crippen LogP contribution in [0.1, 0.15) is 6.92 Å². The normalized spacial score (nSPS) is 17.9. The Hall–Kier alpha value is -0.650. The maximum absolute atomic E-state index is 11.6. The van der Waals surface area contributed by atoms with E-state index < -0.39 is 0 Å². The molecule has 0 aliphatic carbocycles. The number of rotatable bonds is 8. The number of methoxy groups -OCH3 is 1. The zero-order chi connectivity index (χ0) is 11.8. The van der Waals surface area contributed by atoms with Gasteiger partial charge in [0.2, 0.25) is 5.91 Å². The smallest absolute Gasteiger partial charge is 0.223 e. The number of carbonyl (C=O) groups excluding carboxylic acids is 1. The van der Waals surface area contributed by atoms with Crippen LogP contribution in [0, 0.1) is 11.8 Å². The van der Waals surface area contributed by atoms with Crippen molar-refractivity contribution in [1.29, 1.82) is 0 Å².